The van der Waals surface area contributed by atoms with E-state index in [0.29, 0.717) is 13.0 Å². The first-order chi connectivity index (χ1) is 14.6. The molecule has 2 atom stereocenters. The monoisotopic (exact) mass is 430 g/mol. The van der Waals surface area contributed by atoms with E-state index >= 15 is 0 Å². The lowest BCUT2D eigenvalue weighted by Gasteiger charge is -2.55. The van der Waals surface area contributed by atoms with Gasteiger partial charge in [0.25, 0.3) is 0 Å². The van der Waals surface area contributed by atoms with Crippen molar-refractivity contribution in [3.63, 3.8) is 0 Å². The van der Waals surface area contributed by atoms with Gasteiger partial charge in [0.15, 0.2) is 0 Å². The Morgan fingerprint density at radius 2 is 1.97 bits per heavy atom. The standard InChI is InChI=1S/C25H42N4O2/c1-20(2)9-12-28-13-15-29(16-14-28)25(10-17-31-23(3,4)18-25)19-24(5,22(26)30)21-8-6-7-11-27-21/h6-8,11,20H,9-10,12-19H2,1-5H3,(H2,26,30). The van der Waals surface area contributed by atoms with Crippen LogP contribution < -0.4 is 5.73 Å². The number of nitrogens with zero attached hydrogens (tertiary/aromatic N) is 3. The Kier molecular flexibility index (Phi) is 7.44. The highest BCUT2D eigenvalue weighted by molar-refractivity contribution is 5.85. The topological polar surface area (TPSA) is 71.7 Å². The number of nitrogens with two attached hydrogens (primary N) is 1. The number of carbonyl (C=O) groups is 1. The zero-order valence-electron chi connectivity index (χ0n) is 20.2. The lowest BCUT2D eigenvalue weighted by molar-refractivity contribution is -0.142. The van der Waals surface area contributed by atoms with E-state index in [1.165, 1.54) is 13.0 Å². The number of hydrogen-bond acceptors (Lipinski definition) is 5. The number of ether oxygens (including phenoxy) is 1. The SMILES string of the molecule is CC(C)CCN1CCN(C2(CC(C)(C(N)=O)c3ccccn3)CCOC(C)(C)C2)CC1. The number of primary amides is 1. The maximum absolute atomic E-state index is 12.8. The van der Waals surface area contributed by atoms with Crippen LogP contribution >= 0.6 is 0 Å². The summed E-state index contributed by atoms with van der Waals surface area (Å²) in [7, 11) is 0. The fraction of sp³-hybridized carbons (Fsp3) is 0.760. The van der Waals surface area contributed by atoms with Crippen LogP contribution in [0, 0.1) is 5.92 Å². The maximum Gasteiger partial charge on any atom is 0.229 e. The van der Waals surface area contributed by atoms with E-state index in [4.69, 9.17) is 10.5 Å². The molecule has 2 fully saturated rings. The summed E-state index contributed by atoms with van der Waals surface area (Å²) in [6.45, 7) is 17.0. The van der Waals surface area contributed by atoms with E-state index in [0.717, 1.165) is 50.6 Å². The third-order valence-corrected chi connectivity index (χ3v) is 7.34. The first-order valence-electron chi connectivity index (χ1n) is 11.9. The first kappa shape index (κ1) is 24.1. The zero-order valence-corrected chi connectivity index (χ0v) is 20.2. The zero-order chi connectivity index (χ0) is 22.7. The fourth-order valence-corrected chi connectivity index (χ4v) is 5.52. The molecule has 2 aliphatic heterocycles. The number of amides is 1. The normalized spacial score (nSPS) is 27.2. The molecule has 31 heavy (non-hydrogen) atoms. The van der Waals surface area contributed by atoms with Crippen molar-refractivity contribution in [3.05, 3.63) is 30.1 Å². The maximum atomic E-state index is 12.8. The fourth-order valence-electron chi connectivity index (χ4n) is 5.52. The van der Waals surface area contributed by atoms with Gasteiger partial charge in [-0.3, -0.25) is 14.7 Å². The minimum atomic E-state index is -0.816. The highest BCUT2D eigenvalue weighted by Gasteiger charge is 2.51. The highest BCUT2D eigenvalue weighted by Crippen LogP contribution is 2.45. The van der Waals surface area contributed by atoms with Crippen LogP contribution in [-0.4, -0.2) is 71.2 Å². The van der Waals surface area contributed by atoms with E-state index in [-0.39, 0.29) is 17.0 Å². The van der Waals surface area contributed by atoms with Crippen LogP contribution in [0.2, 0.25) is 0 Å². The molecule has 3 rings (SSSR count). The number of piperazine rings is 1. The molecule has 0 bridgehead atoms. The van der Waals surface area contributed by atoms with Gasteiger partial charge in [-0.1, -0.05) is 19.9 Å². The Hall–Kier alpha value is -1.50. The predicted octanol–water partition coefficient (Wildman–Crippen LogP) is 3.21. The van der Waals surface area contributed by atoms with E-state index in [9.17, 15) is 4.79 Å². The first-order valence-corrected chi connectivity index (χ1v) is 11.9. The molecule has 2 aliphatic rings. The van der Waals surface area contributed by atoms with Crippen molar-refractivity contribution in [2.75, 3.05) is 39.3 Å². The summed E-state index contributed by atoms with van der Waals surface area (Å²) in [5, 5.41) is 0. The molecule has 0 radical (unpaired) electrons. The van der Waals surface area contributed by atoms with E-state index in [1.54, 1.807) is 6.20 Å². The van der Waals surface area contributed by atoms with Crippen LogP contribution in [0.15, 0.2) is 24.4 Å². The molecular formula is C25H42N4O2. The second kappa shape index (κ2) is 9.55. The smallest absolute Gasteiger partial charge is 0.229 e. The molecular weight excluding hydrogens is 388 g/mol. The molecule has 1 amide bonds. The molecule has 2 N–H and O–H groups in total. The Bertz CT molecular complexity index is 730. The molecule has 6 heteroatoms. The summed E-state index contributed by atoms with van der Waals surface area (Å²) >= 11 is 0. The molecule has 0 aliphatic carbocycles. The number of aromatic nitrogens is 1. The molecule has 2 saturated heterocycles. The van der Waals surface area contributed by atoms with E-state index < -0.39 is 5.41 Å². The lowest BCUT2D eigenvalue weighted by Crippen LogP contribution is -2.64. The van der Waals surface area contributed by atoms with Crippen LogP contribution in [0.3, 0.4) is 0 Å². The summed E-state index contributed by atoms with van der Waals surface area (Å²) in [6, 6.07) is 5.76. The molecule has 6 nitrogen and oxygen atoms in total. The number of rotatable bonds is 8. The molecule has 0 saturated carbocycles. The third-order valence-electron chi connectivity index (χ3n) is 7.34. The largest absolute Gasteiger partial charge is 0.375 e. The van der Waals surface area contributed by atoms with Crippen LogP contribution in [-0.2, 0) is 14.9 Å². The van der Waals surface area contributed by atoms with Crippen LogP contribution in [0.1, 0.15) is 66.0 Å². The molecule has 1 aromatic rings. The second-order valence-electron chi connectivity index (χ2n) is 10.9. The second-order valence-corrected chi connectivity index (χ2v) is 10.9. The summed E-state index contributed by atoms with van der Waals surface area (Å²) in [4.78, 5) is 22.6. The summed E-state index contributed by atoms with van der Waals surface area (Å²) in [5.74, 6) is 0.431. The van der Waals surface area contributed by atoms with Gasteiger partial charge < -0.3 is 15.4 Å². The van der Waals surface area contributed by atoms with Gasteiger partial charge in [0.1, 0.15) is 0 Å². The number of hydrogen-bond donors (Lipinski definition) is 1. The summed E-state index contributed by atoms with van der Waals surface area (Å²) < 4.78 is 6.11. The van der Waals surface area contributed by atoms with Crippen molar-refractivity contribution in [2.24, 2.45) is 11.7 Å². The molecule has 0 aromatic carbocycles. The average molecular weight is 431 g/mol. The van der Waals surface area contributed by atoms with E-state index in [2.05, 4.69) is 42.5 Å². The van der Waals surface area contributed by atoms with Crippen molar-refractivity contribution in [1.82, 2.24) is 14.8 Å². The van der Waals surface area contributed by atoms with Gasteiger partial charge in [-0.2, -0.15) is 0 Å². The highest BCUT2D eigenvalue weighted by atomic mass is 16.5. The van der Waals surface area contributed by atoms with Gasteiger partial charge in [-0.05, 0) is 71.0 Å². The van der Waals surface area contributed by atoms with Crippen LogP contribution in [0.5, 0.6) is 0 Å². The van der Waals surface area contributed by atoms with Crippen molar-refractivity contribution in [1.29, 1.82) is 0 Å². The number of carbonyl (C=O) groups excluding carboxylic acids is 1. The minimum absolute atomic E-state index is 0.132. The van der Waals surface area contributed by atoms with Gasteiger partial charge in [0.2, 0.25) is 5.91 Å². The average Bonchev–Trinajstić information content (AvgIpc) is 2.72. The van der Waals surface area contributed by atoms with Gasteiger partial charge in [0.05, 0.1) is 16.7 Å². The van der Waals surface area contributed by atoms with E-state index in [1.807, 2.05) is 25.1 Å². The summed E-state index contributed by atoms with van der Waals surface area (Å²) in [5.41, 5.74) is 5.62. The van der Waals surface area contributed by atoms with Crippen molar-refractivity contribution >= 4 is 5.91 Å². The van der Waals surface area contributed by atoms with Gasteiger partial charge in [0, 0.05) is 44.5 Å². The third kappa shape index (κ3) is 5.65. The van der Waals surface area contributed by atoms with Crippen LogP contribution in [0.4, 0.5) is 0 Å². The molecule has 2 unspecified atom stereocenters. The van der Waals surface area contributed by atoms with Crippen LogP contribution in [0.25, 0.3) is 0 Å². The van der Waals surface area contributed by atoms with Gasteiger partial charge in [-0.15, -0.1) is 0 Å². The Balaban J connectivity index is 1.86. The van der Waals surface area contributed by atoms with Gasteiger partial charge >= 0.3 is 0 Å². The molecule has 174 valence electrons. The van der Waals surface area contributed by atoms with Gasteiger partial charge in [-0.25, -0.2) is 0 Å². The van der Waals surface area contributed by atoms with Crippen molar-refractivity contribution < 1.29 is 9.53 Å². The summed E-state index contributed by atoms with van der Waals surface area (Å²) in [6.07, 6.45) is 5.47. The Morgan fingerprint density at radius 1 is 1.26 bits per heavy atom. The molecule has 1 aromatic heterocycles. The minimum Gasteiger partial charge on any atom is -0.375 e. The molecule has 0 spiro atoms. The van der Waals surface area contributed by atoms with Crippen molar-refractivity contribution in [2.45, 2.75) is 76.9 Å². The quantitative estimate of drug-likeness (QED) is 0.686. The number of pyridine rings is 1. The molecule has 3 heterocycles. The predicted molar refractivity (Wildman–Crippen MR) is 125 cm³/mol. The Labute approximate surface area is 188 Å². The van der Waals surface area contributed by atoms with Crippen molar-refractivity contribution in [3.8, 4) is 0 Å². The Morgan fingerprint density at radius 3 is 2.52 bits per heavy atom. The lowest BCUT2D eigenvalue weighted by atomic mass is 9.67.